The zero-order chi connectivity index (χ0) is 11.9. The number of aliphatic hydroxyl groups is 1. The molecule has 0 aliphatic heterocycles. The first-order valence-corrected chi connectivity index (χ1v) is 6.99. The molecule has 0 spiro atoms. The lowest BCUT2D eigenvalue weighted by Gasteiger charge is -2.44. The average Bonchev–Trinajstić information content (AvgIpc) is 2.71. The SMILES string of the molecule is NCC1(C(O)c2csc3ccccc23)CCC1. The van der Waals surface area contributed by atoms with E-state index in [1.54, 1.807) is 11.3 Å². The van der Waals surface area contributed by atoms with Crippen molar-refractivity contribution in [1.82, 2.24) is 0 Å². The van der Waals surface area contributed by atoms with Crippen molar-refractivity contribution < 1.29 is 5.11 Å². The maximum Gasteiger partial charge on any atom is 0.0872 e. The van der Waals surface area contributed by atoms with Crippen molar-refractivity contribution in [2.75, 3.05) is 6.54 Å². The third kappa shape index (κ3) is 1.61. The fourth-order valence-corrected chi connectivity index (χ4v) is 3.74. The lowest BCUT2D eigenvalue weighted by molar-refractivity contribution is -0.0286. The Labute approximate surface area is 105 Å². The van der Waals surface area contributed by atoms with Gasteiger partial charge in [-0.2, -0.15) is 0 Å². The molecule has 1 aromatic carbocycles. The number of rotatable bonds is 3. The van der Waals surface area contributed by atoms with Crippen LogP contribution in [0.4, 0.5) is 0 Å². The second-order valence-electron chi connectivity index (χ2n) is 5.01. The van der Waals surface area contributed by atoms with E-state index in [-0.39, 0.29) is 5.41 Å². The summed E-state index contributed by atoms with van der Waals surface area (Å²) >= 11 is 1.70. The fourth-order valence-electron chi connectivity index (χ4n) is 2.76. The minimum Gasteiger partial charge on any atom is -0.388 e. The smallest absolute Gasteiger partial charge is 0.0872 e. The van der Waals surface area contributed by atoms with E-state index in [9.17, 15) is 5.11 Å². The zero-order valence-corrected chi connectivity index (χ0v) is 10.5. The molecule has 0 amide bonds. The predicted octanol–water partition coefficient (Wildman–Crippen LogP) is 3.06. The summed E-state index contributed by atoms with van der Waals surface area (Å²) in [6.45, 7) is 0.582. The van der Waals surface area contributed by atoms with Gasteiger partial charge in [-0.15, -0.1) is 11.3 Å². The van der Waals surface area contributed by atoms with Crippen molar-refractivity contribution in [2.24, 2.45) is 11.1 Å². The lowest BCUT2D eigenvalue weighted by Crippen LogP contribution is -2.42. The molecule has 1 aliphatic rings. The van der Waals surface area contributed by atoms with Crippen LogP contribution >= 0.6 is 11.3 Å². The van der Waals surface area contributed by atoms with Crippen LogP contribution in [0.2, 0.25) is 0 Å². The summed E-state index contributed by atoms with van der Waals surface area (Å²) in [5.41, 5.74) is 6.86. The number of fused-ring (bicyclic) bond motifs is 1. The van der Waals surface area contributed by atoms with Gasteiger partial charge in [-0.3, -0.25) is 0 Å². The van der Waals surface area contributed by atoms with Crippen molar-refractivity contribution in [3.8, 4) is 0 Å². The molecule has 1 atom stereocenters. The van der Waals surface area contributed by atoms with E-state index < -0.39 is 6.10 Å². The molecule has 1 fully saturated rings. The van der Waals surface area contributed by atoms with Gasteiger partial charge < -0.3 is 10.8 Å². The molecular formula is C14H17NOS. The molecule has 1 aliphatic carbocycles. The van der Waals surface area contributed by atoms with Crippen molar-refractivity contribution in [3.05, 3.63) is 35.2 Å². The summed E-state index contributed by atoms with van der Waals surface area (Å²) in [6, 6.07) is 8.26. The van der Waals surface area contributed by atoms with Gasteiger partial charge in [0.15, 0.2) is 0 Å². The summed E-state index contributed by atoms with van der Waals surface area (Å²) in [7, 11) is 0. The maximum atomic E-state index is 10.6. The van der Waals surface area contributed by atoms with Crippen molar-refractivity contribution in [3.63, 3.8) is 0 Å². The van der Waals surface area contributed by atoms with Crippen LogP contribution in [-0.4, -0.2) is 11.7 Å². The lowest BCUT2D eigenvalue weighted by atomic mass is 9.63. The van der Waals surface area contributed by atoms with Gasteiger partial charge >= 0.3 is 0 Å². The van der Waals surface area contributed by atoms with E-state index in [4.69, 9.17) is 5.73 Å². The van der Waals surface area contributed by atoms with Gasteiger partial charge in [-0.25, -0.2) is 0 Å². The van der Waals surface area contributed by atoms with E-state index in [2.05, 4.69) is 17.5 Å². The first-order chi connectivity index (χ1) is 8.27. The van der Waals surface area contributed by atoms with Crippen molar-refractivity contribution in [1.29, 1.82) is 0 Å². The van der Waals surface area contributed by atoms with E-state index in [0.717, 1.165) is 18.4 Å². The summed E-state index contributed by atoms with van der Waals surface area (Å²) in [4.78, 5) is 0. The molecule has 17 heavy (non-hydrogen) atoms. The third-order valence-electron chi connectivity index (χ3n) is 4.14. The highest BCUT2D eigenvalue weighted by atomic mass is 32.1. The molecule has 2 aromatic rings. The Balaban J connectivity index is 2.03. The van der Waals surface area contributed by atoms with Crippen molar-refractivity contribution >= 4 is 21.4 Å². The Morgan fingerprint density at radius 3 is 2.76 bits per heavy atom. The van der Waals surface area contributed by atoms with Gasteiger partial charge in [0.05, 0.1) is 6.10 Å². The van der Waals surface area contributed by atoms with Gasteiger partial charge in [0.25, 0.3) is 0 Å². The number of aliphatic hydroxyl groups excluding tert-OH is 1. The Kier molecular flexibility index (Phi) is 2.69. The number of hydrogen-bond acceptors (Lipinski definition) is 3. The molecular weight excluding hydrogens is 230 g/mol. The molecule has 3 N–H and O–H groups in total. The van der Waals surface area contributed by atoms with Crippen LogP contribution in [0.1, 0.15) is 30.9 Å². The zero-order valence-electron chi connectivity index (χ0n) is 9.73. The van der Waals surface area contributed by atoms with Crippen LogP contribution in [0, 0.1) is 5.41 Å². The van der Waals surface area contributed by atoms with Gasteiger partial charge in [0.1, 0.15) is 0 Å². The number of nitrogens with two attached hydrogens (primary N) is 1. The Morgan fingerprint density at radius 2 is 2.12 bits per heavy atom. The van der Waals surface area contributed by atoms with E-state index in [1.165, 1.54) is 16.5 Å². The predicted molar refractivity (Wildman–Crippen MR) is 72.1 cm³/mol. The Bertz CT molecular complexity index is 524. The van der Waals surface area contributed by atoms with Crippen LogP contribution in [-0.2, 0) is 0 Å². The molecule has 0 saturated heterocycles. The van der Waals surface area contributed by atoms with E-state index in [1.807, 2.05) is 12.1 Å². The first-order valence-electron chi connectivity index (χ1n) is 6.11. The van der Waals surface area contributed by atoms with Crippen LogP contribution in [0.25, 0.3) is 10.1 Å². The molecule has 0 radical (unpaired) electrons. The first kappa shape index (κ1) is 11.2. The van der Waals surface area contributed by atoms with E-state index in [0.29, 0.717) is 6.54 Å². The molecule has 0 bridgehead atoms. The minimum atomic E-state index is -0.405. The van der Waals surface area contributed by atoms with Gasteiger partial charge in [0, 0.05) is 16.7 Å². The quantitative estimate of drug-likeness (QED) is 0.875. The molecule has 2 nitrogen and oxygen atoms in total. The second kappa shape index (κ2) is 4.09. The minimum absolute atomic E-state index is 0.0656. The summed E-state index contributed by atoms with van der Waals surface area (Å²) < 4.78 is 1.24. The van der Waals surface area contributed by atoms with Crippen LogP contribution in [0.15, 0.2) is 29.6 Å². The van der Waals surface area contributed by atoms with Gasteiger partial charge in [-0.05, 0) is 35.2 Å². The maximum absolute atomic E-state index is 10.6. The summed E-state index contributed by atoms with van der Waals surface area (Å²) in [6.07, 6.45) is 2.89. The monoisotopic (exact) mass is 247 g/mol. The van der Waals surface area contributed by atoms with Crippen LogP contribution < -0.4 is 5.73 Å². The molecule has 1 saturated carbocycles. The Hall–Kier alpha value is -0.900. The number of thiophene rings is 1. The fraction of sp³-hybridized carbons (Fsp3) is 0.429. The highest BCUT2D eigenvalue weighted by molar-refractivity contribution is 7.17. The molecule has 3 rings (SSSR count). The molecule has 1 heterocycles. The normalized spacial score (nSPS) is 20.1. The summed E-state index contributed by atoms with van der Waals surface area (Å²) in [5.74, 6) is 0. The second-order valence-corrected chi connectivity index (χ2v) is 5.92. The molecule has 90 valence electrons. The standard InChI is InChI=1S/C14H17NOS/c15-9-14(6-3-7-14)13(16)11-8-17-12-5-2-1-4-10(11)12/h1-2,4-5,8,13,16H,3,6-7,9,15H2. The molecule has 1 unspecified atom stereocenters. The molecule has 3 heteroatoms. The highest BCUT2D eigenvalue weighted by Crippen LogP contribution is 2.51. The van der Waals surface area contributed by atoms with Crippen LogP contribution in [0.3, 0.4) is 0 Å². The Morgan fingerprint density at radius 1 is 1.35 bits per heavy atom. The number of benzene rings is 1. The average molecular weight is 247 g/mol. The highest BCUT2D eigenvalue weighted by Gasteiger charge is 2.43. The van der Waals surface area contributed by atoms with Gasteiger partial charge in [0.2, 0.25) is 0 Å². The third-order valence-corrected chi connectivity index (χ3v) is 5.12. The van der Waals surface area contributed by atoms with Gasteiger partial charge in [-0.1, -0.05) is 24.6 Å². The topological polar surface area (TPSA) is 46.2 Å². The number of hydrogen-bond donors (Lipinski definition) is 2. The molecule has 1 aromatic heterocycles. The van der Waals surface area contributed by atoms with Crippen LogP contribution in [0.5, 0.6) is 0 Å². The summed E-state index contributed by atoms with van der Waals surface area (Å²) in [5, 5.41) is 13.9. The largest absolute Gasteiger partial charge is 0.388 e. The van der Waals surface area contributed by atoms with E-state index >= 15 is 0 Å². The van der Waals surface area contributed by atoms with Crippen molar-refractivity contribution in [2.45, 2.75) is 25.4 Å².